The van der Waals surface area contributed by atoms with E-state index in [9.17, 15) is 22.4 Å². The topological polar surface area (TPSA) is 113 Å². The van der Waals surface area contributed by atoms with Crippen LogP contribution in [0.4, 0.5) is 10.1 Å². The number of anilines is 1. The molecular formula is C15H15FN2O6S2. The van der Waals surface area contributed by atoms with Crippen LogP contribution >= 0.6 is 11.8 Å². The highest BCUT2D eigenvalue weighted by atomic mass is 32.2. The van der Waals surface area contributed by atoms with E-state index in [1.807, 2.05) is 0 Å². The molecule has 8 nitrogen and oxygen atoms in total. The van der Waals surface area contributed by atoms with E-state index in [0.717, 1.165) is 11.8 Å². The first-order chi connectivity index (χ1) is 12.3. The van der Waals surface area contributed by atoms with Crippen molar-refractivity contribution in [3.63, 3.8) is 0 Å². The number of para-hydroxylation sites is 1. The van der Waals surface area contributed by atoms with Crippen LogP contribution in [0.1, 0.15) is 0 Å². The quantitative estimate of drug-likeness (QED) is 0.759. The number of sulfone groups is 1. The van der Waals surface area contributed by atoms with Gasteiger partial charge in [-0.25, -0.2) is 17.6 Å². The monoisotopic (exact) mass is 402 g/mol. The Morgan fingerprint density at radius 2 is 2.04 bits per heavy atom. The molecule has 2 aliphatic heterocycles. The van der Waals surface area contributed by atoms with Crippen LogP contribution in [0, 0.1) is 5.82 Å². The maximum absolute atomic E-state index is 14.3. The van der Waals surface area contributed by atoms with Crippen molar-refractivity contribution >= 4 is 44.3 Å². The van der Waals surface area contributed by atoms with Crippen LogP contribution in [-0.4, -0.2) is 66.6 Å². The molecule has 0 spiro atoms. The number of carboxylic acid groups (broad SMARTS) is 1. The summed E-state index contributed by atoms with van der Waals surface area (Å²) in [5, 5.41) is 8.34. The lowest BCUT2D eigenvalue weighted by Crippen LogP contribution is -2.38. The van der Waals surface area contributed by atoms with Gasteiger partial charge in [-0.1, -0.05) is 23.9 Å². The number of carbonyl (C=O) groups is 2. The number of benzene rings is 1. The Bertz CT molecular complexity index is 873. The molecule has 2 atom stereocenters. The van der Waals surface area contributed by atoms with Gasteiger partial charge in [-0.2, -0.15) is 4.99 Å². The third-order valence-corrected chi connectivity index (χ3v) is 7.06. The Balaban J connectivity index is 1.87. The predicted molar refractivity (Wildman–Crippen MR) is 93.6 cm³/mol. The van der Waals surface area contributed by atoms with Crippen LogP contribution < -0.4 is 4.90 Å². The molecule has 2 aliphatic rings. The number of amidine groups is 1. The number of fused-ring (bicyclic) bond motifs is 1. The fourth-order valence-corrected chi connectivity index (χ4v) is 6.78. The van der Waals surface area contributed by atoms with Crippen LogP contribution in [0.25, 0.3) is 0 Å². The summed E-state index contributed by atoms with van der Waals surface area (Å²) in [5.41, 5.74) is 0.141. The fourth-order valence-electron chi connectivity index (χ4n) is 2.86. The van der Waals surface area contributed by atoms with E-state index in [0.29, 0.717) is 0 Å². The molecule has 1 aromatic carbocycles. The van der Waals surface area contributed by atoms with E-state index < -0.39 is 46.8 Å². The molecule has 0 saturated carbocycles. The molecule has 0 radical (unpaired) electrons. The first-order valence-corrected chi connectivity index (χ1v) is 10.3. The lowest BCUT2D eigenvalue weighted by Gasteiger charge is -2.24. The van der Waals surface area contributed by atoms with E-state index >= 15 is 0 Å². The number of amides is 1. The smallest absolute Gasteiger partial charge is 0.329 e. The average molecular weight is 402 g/mol. The second kappa shape index (κ2) is 7.33. The molecule has 0 aromatic heterocycles. The van der Waals surface area contributed by atoms with Crippen molar-refractivity contribution in [2.24, 2.45) is 4.99 Å². The lowest BCUT2D eigenvalue weighted by molar-refractivity contribution is -0.143. The number of halogens is 1. The summed E-state index contributed by atoms with van der Waals surface area (Å²) in [7, 11) is -3.25. The second-order valence-electron chi connectivity index (χ2n) is 5.80. The third kappa shape index (κ3) is 4.05. The molecule has 140 valence electrons. The summed E-state index contributed by atoms with van der Waals surface area (Å²) < 4.78 is 42.8. The van der Waals surface area contributed by atoms with Crippen molar-refractivity contribution in [2.45, 2.75) is 11.3 Å². The summed E-state index contributed by atoms with van der Waals surface area (Å²) in [6.45, 7) is -1.17. The van der Waals surface area contributed by atoms with Crippen molar-refractivity contribution in [1.29, 1.82) is 0 Å². The van der Waals surface area contributed by atoms with Crippen LogP contribution in [0.15, 0.2) is 29.3 Å². The number of thioether (sulfide) groups is 1. The summed E-state index contributed by atoms with van der Waals surface area (Å²) in [6.07, 6.45) is 0. The molecule has 0 aliphatic carbocycles. The number of carbonyl (C=O) groups excluding carboxylic acids is 1. The third-order valence-electron chi connectivity index (χ3n) is 3.85. The number of hydrogen-bond donors (Lipinski definition) is 1. The molecular weight excluding hydrogens is 387 g/mol. The van der Waals surface area contributed by atoms with Gasteiger partial charge in [0.2, 0.25) is 0 Å². The molecule has 2 heterocycles. The van der Waals surface area contributed by atoms with Gasteiger partial charge in [0, 0.05) is 5.25 Å². The minimum Gasteiger partial charge on any atom is -0.480 e. The number of carboxylic acids is 1. The van der Waals surface area contributed by atoms with E-state index in [2.05, 4.69) is 4.99 Å². The van der Waals surface area contributed by atoms with Gasteiger partial charge < -0.3 is 14.7 Å². The SMILES string of the molecule is O=C(O)COCC(=O)N=C1S[C@@H]2CS(=O)(=O)C[C@H]2N1c1ccccc1F. The zero-order valence-electron chi connectivity index (χ0n) is 13.4. The summed E-state index contributed by atoms with van der Waals surface area (Å²) in [4.78, 5) is 27.7. The Morgan fingerprint density at radius 3 is 2.73 bits per heavy atom. The number of ether oxygens (including phenoxy) is 1. The second-order valence-corrected chi connectivity index (χ2v) is 9.16. The first-order valence-electron chi connectivity index (χ1n) is 7.59. The van der Waals surface area contributed by atoms with Crippen molar-refractivity contribution in [3.8, 4) is 0 Å². The molecule has 1 N–H and O–H groups in total. The molecule has 0 bridgehead atoms. The van der Waals surface area contributed by atoms with Crippen LogP contribution in [0.3, 0.4) is 0 Å². The Kier molecular flexibility index (Phi) is 5.30. The van der Waals surface area contributed by atoms with Gasteiger partial charge >= 0.3 is 5.97 Å². The largest absolute Gasteiger partial charge is 0.480 e. The first kappa shape index (κ1) is 18.8. The number of aliphatic carboxylic acids is 1. The zero-order valence-corrected chi connectivity index (χ0v) is 15.0. The zero-order chi connectivity index (χ0) is 18.9. The molecule has 1 amide bonds. The van der Waals surface area contributed by atoms with E-state index in [-0.39, 0.29) is 27.6 Å². The Morgan fingerprint density at radius 1 is 1.31 bits per heavy atom. The van der Waals surface area contributed by atoms with Gasteiger partial charge in [-0.15, -0.1) is 0 Å². The lowest BCUT2D eigenvalue weighted by atomic mass is 10.2. The van der Waals surface area contributed by atoms with Gasteiger partial charge in [0.1, 0.15) is 19.0 Å². The van der Waals surface area contributed by atoms with Crippen molar-refractivity contribution in [1.82, 2.24) is 0 Å². The summed E-state index contributed by atoms with van der Waals surface area (Å²) >= 11 is 1.10. The van der Waals surface area contributed by atoms with E-state index in [4.69, 9.17) is 9.84 Å². The number of nitrogens with zero attached hydrogens (tertiary/aromatic N) is 2. The highest BCUT2D eigenvalue weighted by Gasteiger charge is 2.49. The maximum Gasteiger partial charge on any atom is 0.329 e. The predicted octanol–water partition coefficient (Wildman–Crippen LogP) is 0.528. The molecule has 11 heteroatoms. The Hall–Kier alpha value is -1.98. The summed E-state index contributed by atoms with van der Waals surface area (Å²) in [5.74, 6) is -2.72. The van der Waals surface area contributed by atoms with Crippen LogP contribution in [-0.2, 0) is 24.2 Å². The normalized spacial score (nSPS) is 25.4. The van der Waals surface area contributed by atoms with E-state index in [1.165, 1.54) is 23.1 Å². The molecule has 26 heavy (non-hydrogen) atoms. The maximum atomic E-state index is 14.3. The molecule has 2 saturated heterocycles. The van der Waals surface area contributed by atoms with Crippen molar-refractivity contribution in [3.05, 3.63) is 30.1 Å². The van der Waals surface area contributed by atoms with Gasteiger partial charge in [0.05, 0.1) is 23.2 Å². The summed E-state index contributed by atoms with van der Waals surface area (Å²) in [6, 6.07) is 5.33. The van der Waals surface area contributed by atoms with E-state index in [1.54, 1.807) is 6.07 Å². The molecule has 3 rings (SSSR count). The minimum absolute atomic E-state index is 0.0734. The van der Waals surface area contributed by atoms with Crippen LogP contribution in [0.2, 0.25) is 0 Å². The van der Waals surface area contributed by atoms with Crippen LogP contribution in [0.5, 0.6) is 0 Å². The minimum atomic E-state index is -3.25. The average Bonchev–Trinajstić information content (AvgIpc) is 2.98. The molecule has 1 aromatic rings. The van der Waals surface area contributed by atoms with Crippen molar-refractivity contribution in [2.75, 3.05) is 29.6 Å². The Labute approximate surface area is 153 Å². The van der Waals surface area contributed by atoms with Gasteiger partial charge in [0.15, 0.2) is 15.0 Å². The standard InChI is InChI=1S/C15H15FN2O6S2/c16-9-3-1-2-4-10(9)18-11-7-26(22,23)8-12(11)25-15(18)17-13(19)5-24-6-14(20)21/h1-4,11-12H,5-8H2,(H,20,21)/t11-,12-/m1/s1. The fraction of sp³-hybridized carbons (Fsp3) is 0.400. The molecule has 0 unspecified atom stereocenters. The van der Waals surface area contributed by atoms with Gasteiger partial charge in [-0.3, -0.25) is 4.79 Å². The molecule has 2 fully saturated rings. The highest BCUT2D eigenvalue weighted by molar-refractivity contribution is 8.16. The van der Waals surface area contributed by atoms with Gasteiger partial charge in [0.25, 0.3) is 5.91 Å². The van der Waals surface area contributed by atoms with Gasteiger partial charge in [-0.05, 0) is 12.1 Å². The number of aliphatic imine (C=N–C) groups is 1. The number of rotatable bonds is 5. The van der Waals surface area contributed by atoms with Crippen molar-refractivity contribution < 1.29 is 32.2 Å². The number of hydrogen-bond acceptors (Lipinski definition) is 6. The highest BCUT2D eigenvalue weighted by Crippen LogP contribution is 2.41.